The summed E-state index contributed by atoms with van der Waals surface area (Å²) in [4.78, 5) is 19.6. The molecule has 0 atom stereocenters. The first-order valence-corrected chi connectivity index (χ1v) is 10.2. The molecule has 0 saturated carbocycles. The van der Waals surface area contributed by atoms with E-state index in [9.17, 15) is 18.0 Å². The fourth-order valence-electron chi connectivity index (χ4n) is 3.59. The number of rotatable bonds is 5. The molecule has 1 fully saturated rings. The van der Waals surface area contributed by atoms with E-state index in [1.165, 1.54) is 31.0 Å². The molecule has 3 rings (SSSR count). The van der Waals surface area contributed by atoms with E-state index in [0.29, 0.717) is 35.5 Å². The van der Waals surface area contributed by atoms with E-state index < -0.39 is 40.3 Å². The number of carbonyl (C=O) groups is 1. The minimum Gasteiger partial charge on any atom is -0.302 e. The number of carbonyl (C=O) groups excluding carboxylic acids is 1. The minimum atomic E-state index is -5.14. The lowest BCUT2D eigenvalue weighted by Gasteiger charge is -2.29. The Morgan fingerprint density at radius 1 is 1.18 bits per heavy atom. The fraction of sp³-hybridized carbons (Fsp3) is 0.318. The molecule has 0 bridgehead atoms. The molecule has 0 aliphatic carbocycles. The minimum absolute atomic E-state index is 0.222. The molecule has 0 unspecified atom stereocenters. The summed E-state index contributed by atoms with van der Waals surface area (Å²) >= 11 is 5.38. The number of nitriles is 2. The second kappa shape index (κ2) is 8.75. The van der Waals surface area contributed by atoms with E-state index >= 15 is 4.39 Å². The van der Waals surface area contributed by atoms with Crippen molar-refractivity contribution >= 4 is 34.6 Å². The van der Waals surface area contributed by atoms with Crippen LogP contribution in [0.15, 0.2) is 30.5 Å². The van der Waals surface area contributed by atoms with Crippen LogP contribution in [-0.4, -0.2) is 21.5 Å². The van der Waals surface area contributed by atoms with Crippen LogP contribution in [0.25, 0.3) is 0 Å². The fourth-order valence-corrected chi connectivity index (χ4v) is 4.11. The van der Waals surface area contributed by atoms with Crippen LogP contribution in [0, 0.1) is 28.5 Å². The van der Waals surface area contributed by atoms with Crippen LogP contribution in [0.1, 0.15) is 43.5 Å². The van der Waals surface area contributed by atoms with Gasteiger partial charge in [-0.25, -0.2) is 4.39 Å². The lowest BCUT2D eigenvalue weighted by molar-refractivity contribution is -0.140. The number of benzene rings is 1. The lowest BCUT2D eigenvalue weighted by Crippen LogP contribution is -2.44. The zero-order chi connectivity index (χ0) is 24.6. The second-order valence-corrected chi connectivity index (χ2v) is 8.13. The number of thiocarbonyl (C=S) groups is 1. The number of aromatic nitrogens is 1. The molecule has 1 saturated heterocycles. The first-order chi connectivity index (χ1) is 15.4. The highest BCUT2D eigenvalue weighted by Gasteiger charge is 2.52. The van der Waals surface area contributed by atoms with Gasteiger partial charge < -0.3 is 4.90 Å². The summed E-state index contributed by atoms with van der Waals surface area (Å²) in [5.74, 6) is -2.48. The van der Waals surface area contributed by atoms with Crippen LogP contribution in [0.2, 0.25) is 0 Å². The van der Waals surface area contributed by atoms with Crippen molar-refractivity contribution in [2.24, 2.45) is 0 Å². The summed E-state index contributed by atoms with van der Waals surface area (Å²) in [5.41, 5.74) is -3.57. The number of pyridine rings is 1. The SMILES string of the molecule is CC1(C)C(=O)N(c2ccc(C#N)c(C(F)(F)F)c2F)C(=S)N1c1ccc(CCCC#N)nc1. The highest BCUT2D eigenvalue weighted by molar-refractivity contribution is 7.81. The van der Waals surface area contributed by atoms with Gasteiger partial charge in [0, 0.05) is 12.1 Å². The van der Waals surface area contributed by atoms with Crippen LogP contribution in [0.3, 0.4) is 0 Å². The summed E-state index contributed by atoms with van der Waals surface area (Å²) < 4.78 is 55.3. The molecular weight excluding hydrogens is 458 g/mol. The quantitative estimate of drug-likeness (QED) is 0.348. The van der Waals surface area contributed by atoms with Gasteiger partial charge in [-0.3, -0.25) is 14.7 Å². The molecule has 1 aliphatic rings. The third kappa shape index (κ3) is 4.24. The zero-order valence-electron chi connectivity index (χ0n) is 17.6. The first kappa shape index (κ1) is 24.1. The van der Waals surface area contributed by atoms with Crippen molar-refractivity contribution in [3.05, 3.63) is 53.1 Å². The van der Waals surface area contributed by atoms with E-state index in [0.717, 1.165) is 12.1 Å². The van der Waals surface area contributed by atoms with Gasteiger partial charge in [-0.05, 0) is 63.2 Å². The Balaban J connectivity index is 2.03. The smallest absolute Gasteiger partial charge is 0.302 e. The summed E-state index contributed by atoms with van der Waals surface area (Å²) in [7, 11) is 0. The van der Waals surface area contributed by atoms with Crippen LogP contribution < -0.4 is 9.80 Å². The number of alkyl halides is 3. The van der Waals surface area contributed by atoms with Crippen molar-refractivity contribution in [3.8, 4) is 12.1 Å². The number of halogens is 4. The van der Waals surface area contributed by atoms with Gasteiger partial charge in [0.2, 0.25) is 0 Å². The van der Waals surface area contributed by atoms with Crippen LogP contribution >= 0.6 is 12.2 Å². The first-order valence-electron chi connectivity index (χ1n) is 9.75. The van der Waals surface area contributed by atoms with Crippen molar-refractivity contribution in [1.29, 1.82) is 10.5 Å². The molecule has 1 aromatic carbocycles. The van der Waals surface area contributed by atoms with E-state index in [1.807, 2.05) is 6.07 Å². The number of nitrogens with zero attached hydrogens (tertiary/aromatic N) is 5. The van der Waals surface area contributed by atoms with Crippen LogP contribution in [-0.2, 0) is 17.4 Å². The summed E-state index contributed by atoms with van der Waals surface area (Å²) in [6, 6.07) is 8.46. The summed E-state index contributed by atoms with van der Waals surface area (Å²) in [6.45, 7) is 3.02. The molecular formula is C22H17F4N5OS. The molecule has 2 aromatic rings. The molecule has 1 amide bonds. The molecule has 2 heterocycles. The predicted octanol–water partition coefficient (Wildman–Crippen LogP) is 4.87. The van der Waals surface area contributed by atoms with E-state index in [4.69, 9.17) is 22.7 Å². The Morgan fingerprint density at radius 2 is 1.88 bits per heavy atom. The molecule has 170 valence electrons. The maximum Gasteiger partial charge on any atom is 0.420 e. The maximum atomic E-state index is 15.0. The van der Waals surface area contributed by atoms with Crippen LogP contribution in [0.5, 0.6) is 0 Å². The largest absolute Gasteiger partial charge is 0.420 e. The number of hydrogen-bond donors (Lipinski definition) is 0. The number of amides is 1. The third-order valence-electron chi connectivity index (χ3n) is 5.22. The standard InChI is InChI=1S/C22H17F4N5OS/c1-21(2)19(32)30(16-9-6-13(11-28)17(18(16)23)22(24,25)26)20(33)31(21)15-8-7-14(29-12-15)5-3-4-10-27/h6-9,12H,3-5H2,1-2H3. The number of hydrogen-bond acceptors (Lipinski definition) is 5. The summed E-state index contributed by atoms with van der Waals surface area (Å²) in [5, 5.41) is 17.4. The van der Waals surface area contributed by atoms with Gasteiger partial charge in [-0.1, -0.05) is 0 Å². The molecule has 11 heteroatoms. The normalized spacial score (nSPS) is 15.5. The molecule has 0 spiro atoms. The maximum absolute atomic E-state index is 15.0. The average molecular weight is 475 g/mol. The number of anilines is 2. The van der Waals surface area contributed by atoms with Gasteiger partial charge in [0.05, 0.1) is 35.3 Å². The molecule has 0 radical (unpaired) electrons. The number of unbranched alkanes of at least 4 members (excludes halogenated alkanes) is 1. The van der Waals surface area contributed by atoms with Crippen molar-refractivity contribution in [1.82, 2.24) is 4.98 Å². The highest BCUT2D eigenvalue weighted by atomic mass is 32.1. The lowest BCUT2D eigenvalue weighted by atomic mass is 10.0. The second-order valence-electron chi connectivity index (χ2n) is 7.77. The van der Waals surface area contributed by atoms with Gasteiger partial charge in [-0.2, -0.15) is 23.7 Å². The zero-order valence-corrected chi connectivity index (χ0v) is 18.4. The molecule has 6 nitrogen and oxygen atoms in total. The molecule has 1 aliphatic heterocycles. The third-order valence-corrected chi connectivity index (χ3v) is 5.59. The Morgan fingerprint density at radius 3 is 2.42 bits per heavy atom. The Kier molecular flexibility index (Phi) is 6.39. The molecule has 1 aromatic heterocycles. The van der Waals surface area contributed by atoms with Gasteiger partial charge in [-0.15, -0.1) is 0 Å². The van der Waals surface area contributed by atoms with Gasteiger partial charge >= 0.3 is 6.18 Å². The number of aryl methyl sites for hydroxylation is 1. The van der Waals surface area contributed by atoms with E-state index in [1.54, 1.807) is 12.1 Å². The highest BCUT2D eigenvalue weighted by Crippen LogP contribution is 2.41. The topological polar surface area (TPSA) is 84.0 Å². The van der Waals surface area contributed by atoms with Gasteiger partial charge in [0.15, 0.2) is 10.9 Å². The van der Waals surface area contributed by atoms with Crippen molar-refractivity contribution in [2.45, 2.75) is 44.8 Å². The van der Waals surface area contributed by atoms with Gasteiger partial charge in [0.1, 0.15) is 11.1 Å². The van der Waals surface area contributed by atoms with Crippen molar-refractivity contribution < 1.29 is 22.4 Å². The van der Waals surface area contributed by atoms with Crippen molar-refractivity contribution in [3.63, 3.8) is 0 Å². The van der Waals surface area contributed by atoms with E-state index in [-0.39, 0.29) is 5.11 Å². The van der Waals surface area contributed by atoms with Gasteiger partial charge in [0.25, 0.3) is 5.91 Å². The van der Waals surface area contributed by atoms with E-state index in [2.05, 4.69) is 4.98 Å². The van der Waals surface area contributed by atoms with Crippen molar-refractivity contribution in [2.75, 3.05) is 9.80 Å². The van der Waals surface area contributed by atoms with Crippen LogP contribution in [0.4, 0.5) is 28.9 Å². The Labute approximate surface area is 192 Å². The molecule has 33 heavy (non-hydrogen) atoms. The Hall–Kier alpha value is -3.57. The Bertz CT molecular complexity index is 1200. The predicted molar refractivity (Wildman–Crippen MR) is 116 cm³/mol. The molecule has 0 N–H and O–H groups in total. The summed E-state index contributed by atoms with van der Waals surface area (Å²) in [6.07, 6.45) is -2.10. The monoisotopic (exact) mass is 475 g/mol. The average Bonchev–Trinajstić information content (AvgIpc) is 2.92.